The first-order valence-corrected chi connectivity index (χ1v) is 7.05. The number of aromatic amines is 1. The van der Waals surface area contributed by atoms with E-state index in [1.165, 1.54) is 0 Å². The van der Waals surface area contributed by atoms with Gasteiger partial charge in [-0.25, -0.2) is 0 Å². The number of nitrogens with one attached hydrogen (secondary N) is 2. The molecule has 2 aromatic rings. The smallest absolute Gasteiger partial charge is 0.221 e. The minimum Gasteiger partial charge on any atom is -0.356 e. The summed E-state index contributed by atoms with van der Waals surface area (Å²) in [6.45, 7) is 3.31. The number of carbonyl (C=O) groups excluding carboxylic acids is 1. The fourth-order valence-corrected chi connectivity index (χ4v) is 2.40. The standard InChI is InChI=1S/C13H16ClN3OS/c1-2-6-15-12(18)5-7-17-11-4-3-9(14)8-10(11)16-13(17)19/h3-4,8H,2,5-7H2,1H3,(H,15,18)(H,16,19). The minimum atomic E-state index is 0.0482. The van der Waals surface area contributed by atoms with E-state index in [0.29, 0.717) is 29.3 Å². The Morgan fingerprint density at radius 3 is 3.05 bits per heavy atom. The Morgan fingerprint density at radius 1 is 1.53 bits per heavy atom. The molecule has 0 atom stereocenters. The van der Waals surface area contributed by atoms with Crippen LogP contribution in [-0.2, 0) is 11.3 Å². The van der Waals surface area contributed by atoms with E-state index >= 15 is 0 Å². The Bertz CT molecular complexity index is 647. The third-order valence-corrected chi connectivity index (χ3v) is 3.43. The van der Waals surface area contributed by atoms with E-state index in [0.717, 1.165) is 17.5 Å². The molecule has 0 unspecified atom stereocenters. The molecule has 6 heteroatoms. The van der Waals surface area contributed by atoms with Crippen molar-refractivity contribution >= 4 is 40.8 Å². The number of aryl methyl sites for hydroxylation is 1. The number of hydrogen-bond donors (Lipinski definition) is 2. The van der Waals surface area contributed by atoms with Gasteiger partial charge >= 0.3 is 0 Å². The van der Waals surface area contributed by atoms with Gasteiger partial charge in [0.05, 0.1) is 11.0 Å². The summed E-state index contributed by atoms with van der Waals surface area (Å²) in [5, 5.41) is 3.52. The number of fused-ring (bicyclic) bond motifs is 1. The summed E-state index contributed by atoms with van der Waals surface area (Å²) in [5.74, 6) is 0.0482. The van der Waals surface area contributed by atoms with Crippen LogP contribution in [0.25, 0.3) is 11.0 Å². The Labute approximate surface area is 121 Å². The highest BCUT2D eigenvalue weighted by Crippen LogP contribution is 2.19. The van der Waals surface area contributed by atoms with E-state index in [-0.39, 0.29) is 5.91 Å². The molecule has 4 nitrogen and oxygen atoms in total. The van der Waals surface area contributed by atoms with Gasteiger partial charge in [-0.2, -0.15) is 0 Å². The fraction of sp³-hybridized carbons (Fsp3) is 0.385. The van der Waals surface area contributed by atoms with Gasteiger partial charge < -0.3 is 14.9 Å². The Kier molecular flexibility index (Phi) is 4.61. The molecule has 1 amide bonds. The third kappa shape index (κ3) is 3.36. The lowest BCUT2D eigenvalue weighted by Gasteiger charge is -2.05. The predicted octanol–water partition coefficient (Wildman–Crippen LogP) is 3.27. The highest BCUT2D eigenvalue weighted by Gasteiger charge is 2.07. The molecular formula is C13H16ClN3OS. The number of carbonyl (C=O) groups is 1. The van der Waals surface area contributed by atoms with Crippen LogP contribution in [0.4, 0.5) is 0 Å². The van der Waals surface area contributed by atoms with Crippen LogP contribution >= 0.6 is 23.8 Å². The summed E-state index contributed by atoms with van der Waals surface area (Å²) < 4.78 is 2.53. The highest BCUT2D eigenvalue weighted by atomic mass is 35.5. The number of H-pyrrole nitrogens is 1. The maximum absolute atomic E-state index is 11.6. The van der Waals surface area contributed by atoms with Crippen molar-refractivity contribution in [2.24, 2.45) is 0 Å². The van der Waals surface area contributed by atoms with Crippen molar-refractivity contribution in [3.05, 3.63) is 28.0 Å². The molecule has 2 rings (SSSR count). The molecule has 0 aliphatic heterocycles. The van der Waals surface area contributed by atoms with Gasteiger partial charge in [-0.15, -0.1) is 0 Å². The zero-order valence-corrected chi connectivity index (χ0v) is 12.3. The van der Waals surface area contributed by atoms with Crippen molar-refractivity contribution in [2.75, 3.05) is 6.54 Å². The van der Waals surface area contributed by atoms with Gasteiger partial charge in [-0.3, -0.25) is 4.79 Å². The molecule has 0 spiro atoms. The monoisotopic (exact) mass is 297 g/mol. The number of benzene rings is 1. The summed E-state index contributed by atoms with van der Waals surface area (Å²) in [5.41, 5.74) is 1.86. The maximum atomic E-state index is 11.6. The molecule has 2 N–H and O–H groups in total. The van der Waals surface area contributed by atoms with E-state index in [4.69, 9.17) is 23.8 Å². The molecular weight excluding hydrogens is 282 g/mol. The number of amides is 1. The van der Waals surface area contributed by atoms with Gasteiger partial charge in [0.2, 0.25) is 5.91 Å². The first kappa shape index (κ1) is 14.1. The lowest BCUT2D eigenvalue weighted by atomic mass is 10.3. The molecule has 0 aliphatic carbocycles. The van der Waals surface area contributed by atoms with Gasteiger partial charge in [0, 0.05) is 24.5 Å². The number of hydrogen-bond acceptors (Lipinski definition) is 2. The van der Waals surface area contributed by atoms with Crippen molar-refractivity contribution in [3.8, 4) is 0 Å². The number of nitrogens with zero attached hydrogens (tertiary/aromatic N) is 1. The number of halogens is 1. The Morgan fingerprint density at radius 2 is 2.32 bits per heavy atom. The van der Waals surface area contributed by atoms with Gasteiger partial charge in [0.1, 0.15) is 0 Å². The van der Waals surface area contributed by atoms with Crippen LogP contribution < -0.4 is 5.32 Å². The molecule has 0 fully saturated rings. The predicted molar refractivity (Wildman–Crippen MR) is 80.1 cm³/mol. The van der Waals surface area contributed by atoms with Crippen LogP contribution in [0.5, 0.6) is 0 Å². The highest BCUT2D eigenvalue weighted by molar-refractivity contribution is 7.71. The molecule has 0 radical (unpaired) electrons. The van der Waals surface area contributed by atoms with E-state index in [2.05, 4.69) is 10.3 Å². The zero-order valence-electron chi connectivity index (χ0n) is 10.7. The van der Waals surface area contributed by atoms with Crippen molar-refractivity contribution in [2.45, 2.75) is 26.3 Å². The van der Waals surface area contributed by atoms with E-state index in [9.17, 15) is 4.79 Å². The normalized spacial score (nSPS) is 10.8. The molecule has 0 saturated carbocycles. The Hall–Kier alpha value is -1.33. The largest absolute Gasteiger partial charge is 0.356 e. The van der Waals surface area contributed by atoms with Crippen LogP contribution in [0.2, 0.25) is 5.02 Å². The third-order valence-electron chi connectivity index (χ3n) is 2.87. The number of rotatable bonds is 5. The van der Waals surface area contributed by atoms with Gasteiger partial charge in [0.15, 0.2) is 4.77 Å². The summed E-state index contributed by atoms with van der Waals surface area (Å²) >= 11 is 11.2. The van der Waals surface area contributed by atoms with Crippen molar-refractivity contribution in [3.63, 3.8) is 0 Å². The maximum Gasteiger partial charge on any atom is 0.221 e. The second-order valence-corrected chi connectivity index (χ2v) is 5.17. The fourth-order valence-electron chi connectivity index (χ4n) is 1.92. The SMILES string of the molecule is CCCNC(=O)CCn1c(=S)[nH]c2cc(Cl)ccc21. The van der Waals surface area contributed by atoms with Gasteiger partial charge in [0.25, 0.3) is 0 Å². The molecule has 1 aromatic heterocycles. The molecule has 19 heavy (non-hydrogen) atoms. The van der Waals surface area contributed by atoms with Crippen LogP contribution in [0.3, 0.4) is 0 Å². The van der Waals surface area contributed by atoms with Crippen LogP contribution in [-0.4, -0.2) is 22.0 Å². The topological polar surface area (TPSA) is 49.8 Å². The molecule has 102 valence electrons. The van der Waals surface area contributed by atoms with Crippen molar-refractivity contribution < 1.29 is 4.79 Å². The summed E-state index contributed by atoms with van der Waals surface area (Å²) in [7, 11) is 0. The summed E-state index contributed by atoms with van der Waals surface area (Å²) in [4.78, 5) is 14.7. The summed E-state index contributed by atoms with van der Waals surface area (Å²) in [6.07, 6.45) is 1.36. The van der Waals surface area contributed by atoms with E-state index in [1.54, 1.807) is 0 Å². The van der Waals surface area contributed by atoms with Crippen molar-refractivity contribution in [1.29, 1.82) is 0 Å². The van der Waals surface area contributed by atoms with Gasteiger partial charge in [-0.05, 0) is 36.8 Å². The summed E-state index contributed by atoms with van der Waals surface area (Å²) in [6, 6.07) is 5.56. The van der Waals surface area contributed by atoms with E-state index < -0.39 is 0 Å². The molecule has 0 bridgehead atoms. The van der Waals surface area contributed by atoms with Crippen LogP contribution in [0.1, 0.15) is 19.8 Å². The Balaban J connectivity index is 2.14. The quantitative estimate of drug-likeness (QED) is 0.832. The zero-order chi connectivity index (χ0) is 13.8. The molecule has 1 aromatic carbocycles. The number of imidazole rings is 1. The van der Waals surface area contributed by atoms with Crippen molar-refractivity contribution in [1.82, 2.24) is 14.9 Å². The van der Waals surface area contributed by atoms with E-state index in [1.807, 2.05) is 29.7 Å². The second kappa shape index (κ2) is 6.21. The second-order valence-electron chi connectivity index (χ2n) is 4.34. The average molecular weight is 298 g/mol. The lowest BCUT2D eigenvalue weighted by molar-refractivity contribution is -0.121. The number of aromatic nitrogens is 2. The first-order chi connectivity index (χ1) is 9.11. The first-order valence-electron chi connectivity index (χ1n) is 6.26. The lowest BCUT2D eigenvalue weighted by Crippen LogP contribution is -2.25. The molecule has 0 aliphatic rings. The van der Waals surface area contributed by atoms with Gasteiger partial charge in [-0.1, -0.05) is 18.5 Å². The molecule has 0 saturated heterocycles. The van der Waals surface area contributed by atoms with Crippen LogP contribution in [0.15, 0.2) is 18.2 Å². The molecule has 1 heterocycles. The van der Waals surface area contributed by atoms with Crippen LogP contribution in [0, 0.1) is 4.77 Å². The minimum absolute atomic E-state index is 0.0482. The average Bonchev–Trinajstić information content (AvgIpc) is 2.68.